The lowest BCUT2D eigenvalue weighted by Crippen LogP contribution is -2.05. The first-order chi connectivity index (χ1) is 6.57. The Morgan fingerprint density at radius 1 is 1.50 bits per heavy atom. The minimum absolute atomic E-state index is 0.329. The van der Waals surface area contributed by atoms with Crippen LogP contribution in [0.1, 0.15) is 25.5 Å². The van der Waals surface area contributed by atoms with Crippen molar-refractivity contribution in [3.63, 3.8) is 0 Å². The smallest absolute Gasteiger partial charge is 0.0444 e. The second kappa shape index (κ2) is 3.31. The Balaban J connectivity index is 2.22. The van der Waals surface area contributed by atoms with Gasteiger partial charge < -0.3 is 5.73 Å². The zero-order valence-corrected chi connectivity index (χ0v) is 10.1. The third-order valence-corrected chi connectivity index (χ3v) is 3.84. The van der Waals surface area contributed by atoms with Gasteiger partial charge in [0.25, 0.3) is 0 Å². The molecule has 1 heterocycles. The quantitative estimate of drug-likeness (QED) is 0.881. The molecule has 2 N–H and O–H groups in total. The first-order valence-corrected chi connectivity index (χ1v) is 5.68. The van der Waals surface area contributed by atoms with E-state index < -0.39 is 0 Å². The normalized spacial score (nSPS) is 28.9. The summed E-state index contributed by atoms with van der Waals surface area (Å²) in [6.45, 7) is 5.28. The molecule has 0 bridgehead atoms. The second-order valence-corrected chi connectivity index (χ2v) is 5.46. The third-order valence-electron chi connectivity index (χ3n) is 3.37. The SMILES string of the molecule is CC1(C)[C@@H](CN)[C@@H]1c1ccc(Br)cn1. The number of hydrogen-bond donors (Lipinski definition) is 1. The standard InChI is InChI=1S/C11H15BrN2/c1-11(2)8(5-13)10(11)9-4-3-7(12)6-14-9/h3-4,6,8,10H,5,13H2,1-2H3/t8-,10+/m0/s1. The summed E-state index contributed by atoms with van der Waals surface area (Å²) in [6.07, 6.45) is 1.86. The molecule has 1 aromatic heterocycles. The summed E-state index contributed by atoms with van der Waals surface area (Å²) in [5.41, 5.74) is 7.23. The fraction of sp³-hybridized carbons (Fsp3) is 0.545. The molecular weight excluding hydrogens is 240 g/mol. The second-order valence-electron chi connectivity index (χ2n) is 4.54. The van der Waals surface area contributed by atoms with Crippen molar-refractivity contribution in [3.8, 4) is 0 Å². The average molecular weight is 255 g/mol. The first kappa shape index (κ1) is 10.1. The number of aromatic nitrogens is 1. The van der Waals surface area contributed by atoms with Crippen LogP contribution >= 0.6 is 15.9 Å². The lowest BCUT2D eigenvalue weighted by molar-refractivity contribution is 0.557. The van der Waals surface area contributed by atoms with Crippen molar-refractivity contribution in [2.24, 2.45) is 17.1 Å². The monoisotopic (exact) mass is 254 g/mol. The van der Waals surface area contributed by atoms with Crippen LogP contribution in [0.3, 0.4) is 0 Å². The van der Waals surface area contributed by atoms with E-state index in [1.807, 2.05) is 12.3 Å². The summed E-state index contributed by atoms with van der Waals surface area (Å²) >= 11 is 3.39. The molecule has 0 aliphatic heterocycles. The van der Waals surface area contributed by atoms with Gasteiger partial charge in [-0.2, -0.15) is 0 Å². The molecule has 76 valence electrons. The first-order valence-electron chi connectivity index (χ1n) is 4.89. The summed E-state index contributed by atoms with van der Waals surface area (Å²) in [7, 11) is 0. The van der Waals surface area contributed by atoms with Gasteiger partial charge in [0.15, 0.2) is 0 Å². The van der Waals surface area contributed by atoms with Gasteiger partial charge in [-0.3, -0.25) is 4.98 Å². The van der Waals surface area contributed by atoms with Crippen LogP contribution in [-0.2, 0) is 0 Å². The number of hydrogen-bond acceptors (Lipinski definition) is 2. The van der Waals surface area contributed by atoms with Gasteiger partial charge in [0.05, 0.1) is 0 Å². The molecule has 14 heavy (non-hydrogen) atoms. The van der Waals surface area contributed by atoms with Crippen molar-refractivity contribution in [3.05, 3.63) is 28.5 Å². The summed E-state index contributed by atoms with van der Waals surface area (Å²) in [5, 5.41) is 0. The largest absolute Gasteiger partial charge is 0.330 e. The van der Waals surface area contributed by atoms with E-state index in [-0.39, 0.29) is 0 Å². The molecule has 1 aliphatic carbocycles. The molecule has 1 saturated carbocycles. The summed E-state index contributed by atoms with van der Waals surface area (Å²) < 4.78 is 1.03. The minimum Gasteiger partial charge on any atom is -0.330 e. The molecule has 0 saturated heterocycles. The van der Waals surface area contributed by atoms with Gasteiger partial charge in [-0.25, -0.2) is 0 Å². The highest BCUT2D eigenvalue weighted by Gasteiger charge is 2.57. The van der Waals surface area contributed by atoms with Crippen molar-refractivity contribution in [2.45, 2.75) is 19.8 Å². The van der Waals surface area contributed by atoms with Crippen molar-refractivity contribution < 1.29 is 0 Å². The number of pyridine rings is 1. The highest BCUT2D eigenvalue weighted by molar-refractivity contribution is 9.10. The fourth-order valence-corrected chi connectivity index (χ4v) is 2.58. The molecule has 2 rings (SSSR count). The summed E-state index contributed by atoms with van der Waals surface area (Å²) in [5.74, 6) is 1.14. The van der Waals surface area contributed by atoms with E-state index in [4.69, 9.17) is 5.73 Å². The van der Waals surface area contributed by atoms with Gasteiger partial charge in [0.1, 0.15) is 0 Å². The lowest BCUT2D eigenvalue weighted by Gasteiger charge is -2.01. The van der Waals surface area contributed by atoms with E-state index in [0.717, 1.165) is 11.0 Å². The molecule has 2 atom stereocenters. The van der Waals surface area contributed by atoms with Gasteiger partial charge in [0.2, 0.25) is 0 Å². The van der Waals surface area contributed by atoms with Crippen LogP contribution in [-0.4, -0.2) is 11.5 Å². The predicted molar refractivity (Wildman–Crippen MR) is 61.0 cm³/mol. The topological polar surface area (TPSA) is 38.9 Å². The Hall–Kier alpha value is -0.410. The molecule has 2 nitrogen and oxygen atoms in total. The van der Waals surface area contributed by atoms with Crippen molar-refractivity contribution in [1.82, 2.24) is 4.98 Å². The molecule has 0 aromatic carbocycles. The van der Waals surface area contributed by atoms with E-state index in [0.29, 0.717) is 17.3 Å². The third kappa shape index (κ3) is 1.48. The Bertz CT molecular complexity index is 332. The average Bonchev–Trinajstić information content (AvgIpc) is 2.69. The molecule has 1 aromatic rings. The molecule has 1 aliphatic rings. The van der Waals surface area contributed by atoms with E-state index in [2.05, 4.69) is 40.8 Å². The Morgan fingerprint density at radius 3 is 2.64 bits per heavy atom. The van der Waals surface area contributed by atoms with Crippen molar-refractivity contribution in [2.75, 3.05) is 6.54 Å². The maximum atomic E-state index is 5.73. The number of rotatable bonds is 2. The minimum atomic E-state index is 0.329. The van der Waals surface area contributed by atoms with Gasteiger partial charge in [0, 0.05) is 22.3 Å². The lowest BCUT2D eigenvalue weighted by atomic mass is 10.1. The van der Waals surface area contributed by atoms with E-state index in [1.165, 1.54) is 5.69 Å². The van der Waals surface area contributed by atoms with Crippen LogP contribution in [0, 0.1) is 11.3 Å². The maximum Gasteiger partial charge on any atom is 0.0444 e. The van der Waals surface area contributed by atoms with Crippen LogP contribution in [0.15, 0.2) is 22.8 Å². The van der Waals surface area contributed by atoms with E-state index in [1.54, 1.807) is 0 Å². The van der Waals surface area contributed by atoms with Crippen molar-refractivity contribution >= 4 is 15.9 Å². The van der Waals surface area contributed by atoms with Crippen LogP contribution in [0.4, 0.5) is 0 Å². The zero-order valence-electron chi connectivity index (χ0n) is 8.50. The van der Waals surface area contributed by atoms with Gasteiger partial charge in [-0.05, 0) is 45.9 Å². The predicted octanol–water partition coefficient (Wildman–Crippen LogP) is 2.54. The Morgan fingerprint density at radius 2 is 2.21 bits per heavy atom. The molecule has 1 fully saturated rings. The Kier molecular flexibility index (Phi) is 2.40. The zero-order chi connectivity index (χ0) is 10.3. The molecule has 0 amide bonds. The van der Waals surface area contributed by atoms with Gasteiger partial charge >= 0.3 is 0 Å². The summed E-state index contributed by atoms with van der Waals surface area (Å²) in [4.78, 5) is 4.43. The molecule has 0 spiro atoms. The van der Waals surface area contributed by atoms with Crippen molar-refractivity contribution in [1.29, 1.82) is 0 Å². The number of halogens is 1. The highest BCUT2D eigenvalue weighted by atomic mass is 79.9. The van der Waals surface area contributed by atoms with E-state index in [9.17, 15) is 0 Å². The number of nitrogens with zero attached hydrogens (tertiary/aromatic N) is 1. The highest BCUT2D eigenvalue weighted by Crippen LogP contribution is 2.63. The fourth-order valence-electron chi connectivity index (χ4n) is 2.34. The summed E-state index contributed by atoms with van der Waals surface area (Å²) in [6, 6.07) is 4.14. The molecule has 0 unspecified atom stereocenters. The van der Waals surface area contributed by atoms with Crippen LogP contribution in [0.2, 0.25) is 0 Å². The molecule has 0 radical (unpaired) electrons. The van der Waals surface area contributed by atoms with Crippen LogP contribution < -0.4 is 5.73 Å². The molecular formula is C11H15BrN2. The maximum absolute atomic E-state index is 5.73. The van der Waals surface area contributed by atoms with Gasteiger partial charge in [-0.15, -0.1) is 0 Å². The van der Waals surface area contributed by atoms with Crippen LogP contribution in [0.5, 0.6) is 0 Å². The van der Waals surface area contributed by atoms with Crippen LogP contribution in [0.25, 0.3) is 0 Å². The van der Waals surface area contributed by atoms with E-state index >= 15 is 0 Å². The Labute approximate surface area is 93.0 Å². The van der Waals surface area contributed by atoms with Gasteiger partial charge in [-0.1, -0.05) is 13.8 Å². The number of nitrogens with two attached hydrogens (primary N) is 1. The molecule has 3 heteroatoms.